The van der Waals surface area contributed by atoms with Crippen LogP contribution in [0.1, 0.15) is 0 Å². The molecule has 0 rings (SSSR count). The van der Waals surface area contributed by atoms with Crippen molar-refractivity contribution in [2.45, 2.75) is 0 Å². The zero-order valence-electron chi connectivity index (χ0n) is 2.71. The van der Waals surface area contributed by atoms with Crippen molar-refractivity contribution < 1.29 is 9.36 Å². The lowest BCUT2D eigenvalue weighted by Crippen LogP contribution is -1.34. The summed E-state index contributed by atoms with van der Waals surface area (Å²) in [5, 5.41) is 0. The summed E-state index contributed by atoms with van der Waals surface area (Å²) >= 11 is 3.30. The number of hydrogen-bond acceptors (Lipinski definition) is 2. The largest absolute Gasteiger partial charge is 0.289 e. The molecule has 0 aromatic carbocycles. The third-order valence-electron chi connectivity index (χ3n) is 0.141. The molecule has 0 heterocycles. The minimum atomic E-state index is -2.24. The van der Waals surface area contributed by atoms with Gasteiger partial charge in [0.1, 0.15) is 0 Å². The molecular weight excluding hydrogens is 121 g/mol. The van der Waals surface area contributed by atoms with Gasteiger partial charge in [-0.25, -0.2) is 4.79 Å². The molecule has 0 amide bonds. The lowest BCUT2D eigenvalue weighted by Gasteiger charge is -1.63. The van der Waals surface area contributed by atoms with E-state index >= 15 is 0 Å². The van der Waals surface area contributed by atoms with Crippen molar-refractivity contribution in [1.82, 2.24) is 0 Å². The quantitative estimate of drug-likeness (QED) is 0.241. The summed E-state index contributed by atoms with van der Waals surface area (Å²) in [4.78, 5) is 9.10. The number of rotatable bonds is 1. The number of hydrogen-bond donors (Lipinski definition) is 1. The van der Waals surface area contributed by atoms with Crippen LogP contribution in [0.2, 0.25) is 0 Å². The number of nitrogens with zero attached hydrogens (tertiary/aromatic N) is 1. The van der Waals surface area contributed by atoms with Crippen LogP contribution >= 0.6 is 19.4 Å². The Bertz CT molecular complexity index is 106. The molecule has 0 aromatic rings. The van der Waals surface area contributed by atoms with Crippen molar-refractivity contribution in [3.05, 3.63) is 0 Å². The molecule has 1 atom stereocenters. The highest BCUT2D eigenvalue weighted by Crippen LogP contribution is 2.24. The second kappa shape index (κ2) is 3.16. The average Bonchev–Trinajstić information content (AvgIpc) is 1.35. The summed E-state index contributed by atoms with van der Waals surface area (Å²) in [6.07, 6.45) is 1.10. The Morgan fingerprint density at radius 2 is 2.33 bits per heavy atom. The fourth-order valence-electron chi connectivity index (χ4n) is 0.0390. The molecule has 0 aromatic heterocycles. The summed E-state index contributed by atoms with van der Waals surface area (Å²) in [5.74, 6) is 0. The summed E-state index contributed by atoms with van der Waals surface area (Å²) in [6, 6.07) is 0. The van der Waals surface area contributed by atoms with E-state index in [2.05, 4.69) is 17.0 Å². The Hall–Kier alpha value is -0.0400. The van der Waals surface area contributed by atoms with E-state index in [9.17, 15) is 4.57 Å². The molecule has 0 aliphatic carbocycles. The lowest BCUT2D eigenvalue weighted by atomic mass is 11.7. The lowest BCUT2D eigenvalue weighted by molar-refractivity contribution is 0.565. The summed E-state index contributed by atoms with van der Waals surface area (Å²) < 4.78 is 12.4. The van der Waals surface area contributed by atoms with Gasteiger partial charge in [-0.2, -0.15) is 0 Å². The topological polar surface area (TPSA) is 46.5 Å². The second-order valence-corrected chi connectivity index (χ2v) is 2.42. The van der Waals surface area contributed by atoms with Crippen LogP contribution < -0.4 is 0 Å². The maximum atomic E-state index is 9.66. The van der Waals surface area contributed by atoms with Gasteiger partial charge in [0.05, 0.1) is 0 Å². The molecule has 6 heavy (non-hydrogen) atoms. The molecule has 0 N–H and O–H groups in total. The van der Waals surface area contributed by atoms with Crippen LogP contribution in [0.5, 0.6) is 0 Å². The first-order valence-electron chi connectivity index (χ1n) is 1.08. The fraction of sp³-hybridized carbons (Fsp3) is 0. The minimum absolute atomic E-state index is 1.10. The Morgan fingerprint density at radius 1 is 1.83 bits per heavy atom. The third-order valence-corrected chi connectivity index (χ3v) is 0.724. The van der Waals surface area contributed by atoms with E-state index in [4.69, 9.17) is 4.79 Å². The Labute approximate surface area is 40.5 Å². The monoisotopic (exact) mass is 123 g/mol. The number of isocyanates is 1. The van der Waals surface area contributed by atoms with Crippen molar-refractivity contribution >= 4 is 25.5 Å². The Kier molecular flexibility index (Phi) is 3.14. The molecular formula is CH2NO2PS. The van der Waals surface area contributed by atoms with E-state index in [0.717, 1.165) is 6.08 Å². The molecule has 0 aliphatic heterocycles. The first-order chi connectivity index (χ1) is 2.77. The van der Waals surface area contributed by atoms with E-state index in [1.165, 1.54) is 0 Å². The summed E-state index contributed by atoms with van der Waals surface area (Å²) in [7, 11) is -2.24. The van der Waals surface area contributed by atoms with Crippen LogP contribution in [0.25, 0.3) is 0 Å². The van der Waals surface area contributed by atoms with Gasteiger partial charge in [-0.15, -0.1) is 4.76 Å². The zero-order chi connectivity index (χ0) is 4.99. The van der Waals surface area contributed by atoms with Crippen molar-refractivity contribution in [3.63, 3.8) is 0 Å². The van der Waals surface area contributed by atoms with Gasteiger partial charge >= 0.3 is 0 Å². The van der Waals surface area contributed by atoms with Crippen LogP contribution in [0.15, 0.2) is 4.76 Å². The van der Waals surface area contributed by atoms with Crippen molar-refractivity contribution in [1.29, 1.82) is 0 Å². The van der Waals surface area contributed by atoms with Crippen LogP contribution in [0.4, 0.5) is 0 Å². The van der Waals surface area contributed by atoms with Crippen LogP contribution in [0.3, 0.4) is 0 Å². The molecule has 1 unspecified atom stereocenters. The predicted molar refractivity (Wildman–Crippen MR) is 26.1 cm³/mol. The van der Waals surface area contributed by atoms with E-state index in [1.54, 1.807) is 0 Å². The number of carbonyl (C=O) groups excluding carboxylic acids is 1. The summed E-state index contributed by atoms with van der Waals surface area (Å²) in [5.41, 5.74) is 0. The SMILES string of the molecule is O=C=N[PH](=O)S. The highest BCUT2D eigenvalue weighted by atomic mass is 32.7. The maximum Gasteiger partial charge on any atom is 0.242 e. The van der Waals surface area contributed by atoms with Gasteiger partial charge in [0.25, 0.3) is 0 Å². The van der Waals surface area contributed by atoms with E-state index in [1.807, 2.05) is 0 Å². The van der Waals surface area contributed by atoms with Crippen molar-refractivity contribution in [3.8, 4) is 0 Å². The Balaban J connectivity index is 3.60. The molecule has 0 aliphatic rings. The van der Waals surface area contributed by atoms with Crippen molar-refractivity contribution in [2.75, 3.05) is 0 Å². The van der Waals surface area contributed by atoms with E-state index < -0.39 is 7.15 Å². The van der Waals surface area contributed by atoms with Crippen LogP contribution in [-0.2, 0) is 9.36 Å². The van der Waals surface area contributed by atoms with Gasteiger partial charge in [0.15, 0.2) is 0 Å². The highest BCUT2D eigenvalue weighted by Gasteiger charge is 1.73. The fourth-order valence-corrected chi connectivity index (χ4v) is 0.240. The van der Waals surface area contributed by atoms with Gasteiger partial charge in [0, 0.05) is 0 Å². The molecule has 5 heteroatoms. The molecule has 0 saturated carbocycles. The van der Waals surface area contributed by atoms with E-state index in [0.29, 0.717) is 0 Å². The molecule has 0 saturated heterocycles. The molecule has 3 nitrogen and oxygen atoms in total. The Morgan fingerprint density at radius 3 is 2.33 bits per heavy atom. The molecule has 0 spiro atoms. The van der Waals surface area contributed by atoms with Crippen molar-refractivity contribution in [2.24, 2.45) is 4.76 Å². The van der Waals surface area contributed by atoms with Crippen LogP contribution in [-0.4, -0.2) is 6.08 Å². The zero-order valence-corrected chi connectivity index (χ0v) is 4.61. The first kappa shape index (κ1) is 5.96. The first-order valence-corrected chi connectivity index (χ1v) is 3.72. The standard InChI is InChI=1S/CH2NO2PS/c3-1-2-5(4)6/h5H,(H,4,6). The highest BCUT2D eigenvalue weighted by molar-refractivity contribution is 8.40. The maximum absolute atomic E-state index is 9.66. The third kappa shape index (κ3) is 3.96. The summed E-state index contributed by atoms with van der Waals surface area (Å²) in [6.45, 7) is 0. The average molecular weight is 123 g/mol. The minimum Gasteiger partial charge on any atom is -0.289 e. The molecule has 0 radical (unpaired) electrons. The molecule has 0 fully saturated rings. The molecule has 34 valence electrons. The van der Waals surface area contributed by atoms with Gasteiger partial charge in [-0.1, -0.05) is 12.2 Å². The van der Waals surface area contributed by atoms with Gasteiger partial charge in [-0.3, -0.25) is 4.57 Å². The van der Waals surface area contributed by atoms with E-state index in [-0.39, 0.29) is 0 Å². The molecule has 0 bridgehead atoms. The second-order valence-electron chi connectivity index (χ2n) is 0.486. The van der Waals surface area contributed by atoms with Gasteiger partial charge < -0.3 is 0 Å². The number of thiol groups is 1. The van der Waals surface area contributed by atoms with Crippen LogP contribution in [0, 0.1) is 0 Å². The normalized spacial score (nSPS) is 12.2. The predicted octanol–water partition coefficient (Wildman–Crippen LogP) is 0.642. The van der Waals surface area contributed by atoms with Gasteiger partial charge in [-0.05, 0) is 0 Å². The smallest absolute Gasteiger partial charge is 0.242 e. The van der Waals surface area contributed by atoms with Gasteiger partial charge in [0.2, 0.25) is 13.2 Å².